The zero-order valence-corrected chi connectivity index (χ0v) is 11.3. The predicted octanol–water partition coefficient (Wildman–Crippen LogP) is 0.790. The number of hydrogen-bond donors (Lipinski definition) is 2. The summed E-state index contributed by atoms with van der Waals surface area (Å²) < 4.78 is 10.2. The van der Waals surface area contributed by atoms with E-state index >= 15 is 0 Å². The van der Waals surface area contributed by atoms with Crippen molar-refractivity contribution >= 4 is 17.6 Å². The van der Waals surface area contributed by atoms with E-state index in [0.717, 1.165) is 0 Å². The fraction of sp³-hybridized carbons (Fsp3) is 0.429. The Balaban J connectivity index is 2.00. The molecule has 0 aliphatic carbocycles. The van der Waals surface area contributed by atoms with E-state index in [-0.39, 0.29) is 11.9 Å². The van der Waals surface area contributed by atoms with Crippen molar-refractivity contribution in [1.82, 2.24) is 5.32 Å². The molecule has 0 bridgehead atoms. The first-order valence-electron chi connectivity index (χ1n) is 6.60. The highest BCUT2D eigenvalue weighted by Gasteiger charge is 2.21. The number of ether oxygens (including phenoxy) is 2. The van der Waals surface area contributed by atoms with Crippen molar-refractivity contribution in [2.24, 2.45) is 0 Å². The van der Waals surface area contributed by atoms with Crippen LogP contribution in [-0.4, -0.2) is 44.3 Å². The van der Waals surface area contributed by atoms with Gasteiger partial charge in [-0.25, -0.2) is 4.79 Å². The molecule has 108 valence electrons. The van der Waals surface area contributed by atoms with Gasteiger partial charge in [0.1, 0.15) is 6.04 Å². The van der Waals surface area contributed by atoms with Gasteiger partial charge in [0.25, 0.3) is 0 Å². The second-order valence-electron chi connectivity index (χ2n) is 4.37. The summed E-state index contributed by atoms with van der Waals surface area (Å²) in [6, 6.07) is 6.31. The quantitative estimate of drug-likeness (QED) is 0.796. The summed E-state index contributed by atoms with van der Waals surface area (Å²) in [7, 11) is 0. The van der Waals surface area contributed by atoms with Gasteiger partial charge in [0.15, 0.2) is 0 Å². The SMILES string of the molecule is CCOC(=O)c1cccc(NC(=O)C2COCCN2)c1. The molecule has 1 unspecified atom stereocenters. The molecule has 0 spiro atoms. The second kappa shape index (κ2) is 7.02. The van der Waals surface area contributed by atoms with E-state index in [1.165, 1.54) is 0 Å². The average Bonchev–Trinajstić information content (AvgIpc) is 2.48. The first kappa shape index (κ1) is 14.5. The van der Waals surface area contributed by atoms with E-state index in [0.29, 0.717) is 37.6 Å². The Morgan fingerprint density at radius 1 is 1.50 bits per heavy atom. The molecule has 1 aliphatic heterocycles. The lowest BCUT2D eigenvalue weighted by Crippen LogP contribution is -2.48. The van der Waals surface area contributed by atoms with Crippen LogP contribution in [0.1, 0.15) is 17.3 Å². The summed E-state index contributed by atoms with van der Waals surface area (Å²) in [5, 5.41) is 5.83. The summed E-state index contributed by atoms with van der Waals surface area (Å²) in [6.45, 7) is 3.68. The van der Waals surface area contributed by atoms with Crippen molar-refractivity contribution in [2.75, 3.05) is 31.7 Å². The topological polar surface area (TPSA) is 76.7 Å². The van der Waals surface area contributed by atoms with Gasteiger partial charge in [0, 0.05) is 12.2 Å². The number of esters is 1. The lowest BCUT2D eigenvalue weighted by Gasteiger charge is -2.22. The normalized spacial score (nSPS) is 18.4. The van der Waals surface area contributed by atoms with Crippen LogP contribution >= 0.6 is 0 Å². The van der Waals surface area contributed by atoms with Gasteiger partial charge < -0.3 is 20.1 Å². The molecule has 20 heavy (non-hydrogen) atoms. The third-order valence-corrected chi connectivity index (χ3v) is 2.88. The minimum atomic E-state index is -0.400. The standard InChI is InChI=1S/C14H18N2O4/c1-2-20-14(18)10-4-3-5-11(8-10)16-13(17)12-9-19-7-6-15-12/h3-5,8,12,15H,2,6-7,9H2,1H3,(H,16,17). The van der Waals surface area contributed by atoms with Crippen LogP contribution in [-0.2, 0) is 14.3 Å². The van der Waals surface area contributed by atoms with Crippen molar-refractivity contribution in [3.05, 3.63) is 29.8 Å². The number of amides is 1. The first-order valence-corrected chi connectivity index (χ1v) is 6.60. The van der Waals surface area contributed by atoms with Crippen LogP contribution in [0.4, 0.5) is 5.69 Å². The van der Waals surface area contributed by atoms with Crippen LogP contribution in [0, 0.1) is 0 Å². The molecule has 1 aliphatic rings. The first-order chi connectivity index (χ1) is 9.70. The van der Waals surface area contributed by atoms with Gasteiger partial charge in [-0.3, -0.25) is 4.79 Å². The molecule has 2 N–H and O–H groups in total. The Morgan fingerprint density at radius 3 is 3.05 bits per heavy atom. The van der Waals surface area contributed by atoms with Crippen molar-refractivity contribution in [1.29, 1.82) is 0 Å². The van der Waals surface area contributed by atoms with Crippen molar-refractivity contribution in [3.8, 4) is 0 Å². The fourth-order valence-electron chi connectivity index (χ4n) is 1.90. The summed E-state index contributed by atoms with van der Waals surface area (Å²) >= 11 is 0. The van der Waals surface area contributed by atoms with Crippen molar-refractivity contribution in [3.63, 3.8) is 0 Å². The number of benzene rings is 1. The average molecular weight is 278 g/mol. The van der Waals surface area contributed by atoms with Crippen LogP contribution in [0.3, 0.4) is 0 Å². The number of hydrogen-bond acceptors (Lipinski definition) is 5. The Kier molecular flexibility index (Phi) is 5.09. The monoisotopic (exact) mass is 278 g/mol. The molecule has 2 rings (SSSR count). The summed E-state index contributed by atoms with van der Waals surface area (Å²) in [5.41, 5.74) is 0.977. The maximum Gasteiger partial charge on any atom is 0.338 e. The number of carbonyl (C=O) groups is 2. The molecular weight excluding hydrogens is 260 g/mol. The van der Waals surface area contributed by atoms with Crippen LogP contribution in [0.5, 0.6) is 0 Å². The predicted molar refractivity (Wildman–Crippen MR) is 73.6 cm³/mol. The minimum Gasteiger partial charge on any atom is -0.462 e. The number of carbonyl (C=O) groups excluding carboxylic acids is 2. The van der Waals surface area contributed by atoms with Gasteiger partial charge in [0.05, 0.1) is 25.4 Å². The van der Waals surface area contributed by atoms with Gasteiger partial charge in [-0.1, -0.05) is 6.07 Å². The number of morpholine rings is 1. The molecule has 6 heteroatoms. The van der Waals surface area contributed by atoms with E-state index in [1.807, 2.05) is 0 Å². The third-order valence-electron chi connectivity index (χ3n) is 2.88. The Hall–Kier alpha value is -1.92. The fourth-order valence-corrected chi connectivity index (χ4v) is 1.90. The molecule has 0 saturated carbocycles. The molecule has 1 aromatic carbocycles. The molecule has 6 nitrogen and oxygen atoms in total. The lowest BCUT2D eigenvalue weighted by atomic mass is 10.2. The number of nitrogens with one attached hydrogen (secondary N) is 2. The molecule has 0 radical (unpaired) electrons. The maximum absolute atomic E-state index is 12.0. The van der Waals surface area contributed by atoms with Gasteiger partial charge >= 0.3 is 5.97 Å². The highest BCUT2D eigenvalue weighted by molar-refractivity contribution is 5.97. The molecular formula is C14H18N2O4. The Bertz CT molecular complexity index is 484. The van der Waals surface area contributed by atoms with Crippen LogP contribution in [0.15, 0.2) is 24.3 Å². The molecule has 1 saturated heterocycles. The zero-order valence-electron chi connectivity index (χ0n) is 11.3. The molecule has 1 fully saturated rings. The molecule has 0 aromatic heterocycles. The Morgan fingerprint density at radius 2 is 2.35 bits per heavy atom. The van der Waals surface area contributed by atoms with Gasteiger partial charge in [-0.05, 0) is 25.1 Å². The van der Waals surface area contributed by atoms with Crippen LogP contribution < -0.4 is 10.6 Å². The molecule has 1 aromatic rings. The van der Waals surface area contributed by atoms with E-state index in [1.54, 1.807) is 31.2 Å². The summed E-state index contributed by atoms with van der Waals surface area (Å²) in [5.74, 6) is -0.576. The largest absolute Gasteiger partial charge is 0.462 e. The zero-order chi connectivity index (χ0) is 14.4. The van der Waals surface area contributed by atoms with Gasteiger partial charge in [-0.15, -0.1) is 0 Å². The van der Waals surface area contributed by atoms with Crippen LogP contribution in [0.2, 0.25) is 0 Å². The second-order valence-corrected chi connectivity index (χ2v) is 4.37. The van der Waals surface area contributed by atoms with E-state index < -0.39 is 5.97 Å². The van der Waals surface area contributed by atoms with Crippen molar-refractivity contribution in [2.45, 2.75) is 13.0 Å². The Labute approximate surface area is 117 Å². The van der Waals surface area contributed by atoms with Crippen LogP contribution in [0.25, 0.3) is 0 Å². The lowest BCUT2D eigenvalue weighted by molar-refractivity contribution is -0.120. The molecule has 1 atom stereocenters. The molecule has 1 heterocycles. The highest BCUT2D eigenvalue weighted by atomic mass is 16.5. The maximum atomic E-state index is 12.0. The van der Waals surface area contributed by atoms with E-state index in [2.05, 4.69) is 10.6 Å². The molecule has 1 amide bonds. The summed E-state index contributed by atoms with van der Waals surface area (Å²) in [6.07, 6.45) is 0. The third kappa shape index (κ3) is 3.79. The highest BCUT2D eigenvalue weighted by Crippen LogP contribution is 2.12. The minimum absolute atomic E-state index is 0.175. The summed E-state index contributed by atoms with van der Waals surface area (Å²) in [4.78, 5) is 23.6. The van der Waals surface area contributed by atoms with Gasteiger partial charge in [-0.2, -0.15) is 0 Å². The van der Waals surface area contributed by atoms with E-state index in [9.17, 15) is 9.59 Å². The number of rotatable bonds is 4. The smallest absolute Gasteiger partial charge is 0.338 e. The number of anilines is 1. The van der Waals surface area contributed by atoms with Crippen molar-refractivity contribution < 1.29 is 19.1 Å². The van der Waals surface area contributed by atoms with Gasteiger partial charge in [0.2, 0.25) is 5.91 Å². The van der Waals surface area contributed by atoms with E-state index in [4.69, 9.17) is 9.47 Å².